The van der Waals surface area contributed by atoms with E-state index in [2.05, 4.69) is 11.7 Å². The molecule has 115 valence electrons. The Kier molecular flexibility index (Phi) is 15.4. The summed E-state index contributed by atoms with van der Waals surface area (Å²) in [5, 5.41) is 16.3. The van der Waals surface area contributed by atoms with Crippen LogP contribution in [0.5, 0.6) is 0 Å². The van der Waals surface area contributed by atoms with Gasteiger partial charge in [-0.05, 0) is 12.8 Å². The molecule has 1 saturated carbocycles. The van der Waals surface area contributed by atoms with Gasteiger partial charge in [0.2, 0.25) is 6.29 Å². The van der Waals surface area contributed by atoms with E-state index >= 15 is 0 Å². The molecule has 0 aromatic carbocycles. The van der Waals surface area contributed by atoms with E-state index in [1.54, 1.807) is 0 Å². The van der Waals surface area contributed by atoms with Crippen LogP contribution in [0.2, 0.25) is 0 Å². The molecule has 4 N–H and O–H groups in total. The fraction of sp³-hybridized carbons (Fsp3) is 0.750. The minimum atomic E-state index is -1.53. The summed E-state index contributed by atoms with van der Waals surface area (Å²) in [5.74, 6) is -1.22. The molecule has 1 fully saturated rings. The van der Waals surface area contributed by atoms with Crippen molar-refractivity contribution in [1.82, 2.24) is 0 Å². The van der Waals surface area contributed by atoms with E-state index in [0.29, 0.717) is 6.61 Å². The molecule has 0 heterocycles. The minimum absolute atomic E-state index is 0. The molecule has 7 nitrogen and oxygen atoms in total. The van der Waals surface area contributed by atoms with E-state index < -0.39 is 18.7 Å². The first-order valence-corrected chi connectivity index (χ1v) is 6.16. The smallest absolute Gasteiger partial charge is 0.309 e. The van der Waals surface area contributed by atoms with Crippen molar-refractivity contribution in [3.63, 3.8) is 0 Å². The van der Waals surface area contributed by atoms with Gasteiger partial charge in [0.25, 0.3) is 6.47 Å². The third-order valence-corrected chi connectivity index (χ3v) is 2.65. The second-order valence-electron chi connectivity index (χ2n) is 4.14. The van der Waals surface area contributed by atoms with Gasteiger partial charge in [-0.25, -0.2) is 0 Å². The standard InChI is InChI=1S/C8H16NO.C4H6O5.Y/c1-2-10-8-6-4-3-5-7(8)9;5-2-9-4(8)1-3(6)7;/h7-8H,1-6,9H2;2,4,8H,1H2,(H,6,7);/q-1;;/t7-,8-;4-;/m10./s1. The van der Waals surface area contributed by atoms with Crippen molar-refractivity contribution in [2.24, 2.45) is 5.73 Å². The van der Waals surface area contributed by atoms with Gasteiger partial charge in [-0.3, -0.25) is 9.59 Å². The van der Waals surface area contributed by atoms with E-state index in [1.165, 1.54) is 12.8 Å². The van der Waals surface area contributed by atoms with Gasteiger partial charge in [-0.2, -0.15) is 0 Å². The van der Waals surface area contributed by atoms with Crippen molar-refractivity contribution < 1.29 is 62.0 Å². The van der Waals surface area contributed by atoms with Crippen molar-refractivity contribution >= 4 is 12.4 Å². The predicted molar refractivity (Wildman–Crippen MR) is 66.9 cm³/mol. The maximum absolute atomic E-state index is 9.73. The van der Waals surface area contributed by atoms with Gasteiger partial charge in [-0.1, -0.05) is 19.4 Å². The average molecular weight is 365 g/mol. The predicted octanol–water partition coefficient (Wildman–Crippen LogP) is 0.0570. The molecule has 1 rings (SSSR count). The van der Waals surface area contributed by atoms with Crippen LogP contribution < -0.4 is 5.73 Å². The molecule has 0 saturated heterocycles. The Morgan fingerprint density at radius 1 is 1.45 bits per heavy atom. The van der Waals surface area contributed by atoms with Gasteiger partial charge in [-0.15, -0.1) is 0 Å². The fourth-order valence-electron chi connectivity index (χ4n) is 1.75. The van der Waals surface area contributed by atoms with E-state index in [0.717, 1.165) is 12.8 Å². The molecule has 3 atom stereocenters. The topological polar surface area (TPSA) is 119 Å². The minimum Gasteiger partial charge on any atom is -0.481 e. The Labute approximate surface area is 144 Å². The summed E-state index contributed by atoms with van der Waals surface area (Å²) in [5.41, 5.74) is 5.81. The van der Waals surface area contributed by atoms with Crippen LogP contribution in [0.4, 0.5) is 0 Å². The number of carbonyl (C=O) groups excluding carboxylic acids is 1. The zero-order valence-corrected chi connectivity index (χ0v) is 14.3. The van der Waals surface area contributed by atoms with Crippen LogP contribution in [0.1, 0.15) is 32.1 Å². The maximum atomic E-state index is 9.73. The third kappa shape index (κ3) is 11.7. The Hall–Kier alpha value is -0.0761. The number of carbonyl (C=O) groups is 2. The van der Waals surface area contributed by atoms with Crippen LogP contribution in [0.15, 0.2) is 0 Å². The second-order valence-corrected chi connectivity index (χ2v) is 4.14. The third-order valence-electron chi connectivity index (χ3n) is 2.65. The summed E-state index contributed by atoms with van der Waals surface area (Å²) in [6.45, 7) is 4.18. The fourth-order valence-corrected chi connectivity index (χ4v) is 1.75. The Balaban J connectivity index is 0. The molecule has 0 unspecified atom stereocenters. The van der Waals surface area contributed by atoms with Crippen molar-refractivity contribution in [2.45, 2.75) is 50.5 Å². The zero-order chi connectivity index (χ0) is 14.7. The van der Waals surface area contributed by atoms with Gasteiger partial charge >= 0.3 is 5.97 Å². The number of hydrogen-bond donors (Lipinski definition) is 3. The number of aliphatic hydroxyl groups excluding tert-OH is 1. The van der Waals surface area contributed by atoms with Gasteiger partial charge in [0.05, 0.1) is 6.10 Å². The molecule has 0 aromatic heterocycles. The normalized spacial score (nSPS) is 22.6. The molecule has 8 heteroatoms. The molecular formula is C12H22NO6Y-. The Morgan fingerprint density at radius 3 is 2.50 bits per heavy atom. The summed E-state index contributed by atoms with van der Waals surface area (Å²) >= 11 is 0. The SMILES string of the molecule is O=CO[C@H](O)CC(=O)O.[CH2-]CO[C@@H]1CCCC[C@H]1N.[Y]. The molecule has 0 spiro atoms. The molecular weight excluding hydrogens is 343 g/mol. The van der Waals surface area contributed by atoms with Crippen LogP contribution in [0.3, 0.4) is 0 Å². The molecule has 0 aliphatic heterocycles. The van der Waals surface area contributed by atoms with Crippen LogP contribution in [0, 0.1) is 6.92 Å². The molecule has 0 aromatic rings. The number of carboxylic acid groups (broad SMARTS) is 1. The summed E-state index contributed by atoms with van der Waals surface area (Å²) in [6, 6.07) is 0.260. The van der Waals surface area contributed by atoms with E-state index in [1.807, 2.05) is 0 Å². The molecule has 20 heavy (non-hydrogen) atoms. The summed E-state index contributed by atoms with van der Waals surface area (Å²) in [7, 11) is 0. The van der Waals surface area contributed by atoms with E-state index in [4.69, 9.17) is 20.7 Å². The van der Waals surface area contributed by atoms with Gasteiger partial charge in [0.15, 0.2) is 0 Å². The number of carboxylic acids is 1. The van der Waals surface area contributed by atoms with Crippen molar-refractivity contribution in [3.05, 3.63) is 6.92 Å². The van der Waals surface area contributed by atoms with E-state index in [-0.39, 0.29) is 51.3 Å². The number of rotatable bonds is 6. The second kappa shape index (κ2) is 13.9. The quantitative estimate of drug-likeness (QED) is 0.346. The van der Waals surface area contributed by atoms with Gasteiger partial charge in [0, 0.05) is 38.8 Å². The first-order valence-electron chi connectivity index (χ1n) is 6.16. The first-order chi connectivity index (χ1) is 9.01. The van der Waals surface area contributed by atoms with Gasteiger partial charge in [0.1, 0.15) is 6.42 Å². The average Bonchev–Trinajstić information content (AvgIpc) is 2.32. The van der Waals surface area contributed by atoms with Gasteiger partial charge < -0.3 is 32.3 Å². The Morgan fingerprint density at radius 2 is 2.05 bits per heavy atom. The zero-order valence-electron chi connectivity index (χ0n) is 11.4. The van der Waals surface area contributed by atoms with E-state index in [9.17, 15) is 9.59 Å². The van der Waals surface area contributed by atoms with Crippen molar-refractivity contribution in [2.75, 3.05) is 6.61 Å². The largest absolute Gasteiger partial charge is 0.481 e. The number of aliphatic hydroxyl groups is 1. The number of aliphatic carboxylic acids is 1. The van der Waals surface area contributed by atoms with Crippen LogP contribution >= 0.6 is 0 Å². The number of ether oxygens (including phenoxy) is 2. The summed E-state index contributed by atoms with van der Waals surface area (Å²) < 4.78 is 9.21. The van der Waals surface area contributed by atoms with Crippen molar-refractivity contribution in [3.8, 4) is 0 Å². The maximum Gasteiger partial charge on any atom is 0.309 e. The Bertz CT molecular complexity index is 264. The van der Waals surface area contributed by atoms with Crippen LogP contribution in [-0.4, -0.2) is 47.7 Å². The molecule has 1 aliphatic rings. The number of nitrogens with two attached hydrogens (primary N) is 1. The summed E-state index contributed by atoms with van der Waals surface area (Å²) in [4.78, 5) is 19.2. The summed E-state index contributed by atoms with van der Waals surface area (Å²) in [6.07, 6.45) is 2.93. The number of hydrogen-bond acceptors (Lipinski definition) is 6. The van der Waals surface area contributed by atoms with Crippen LogP contribution in [0.25, 0.3) is 0 Å². The molecule has 0 amide bonds. The molecule has 1 aliphatic carbocycles. The first kappa shape index (κ1) is 22.2. The van der Waals surface area contributed by atoms with Crippen LogP contribution in [-0.2, 0) is 51.8 Å². The molecule has 0 bridgehead atoms. The molecule has 1 radical (unpaired) electrons. The monoisotopic (exact) mass is 365 g/mol. The van der Waals surface area contributed by atoms with Crippen molar-refractivity contribution in [1.29, 1.82) is 0 Å².